The van der Waals surface area contributed by atoms with Crippen molar-refractivity contribution in [3.8, 4) is 11.1 Å². The third-order valence-electron chi connectivity index (χ3n) is 3.17. The van der Waals surface area contributed by atoms with Crippen molar-refractivity contribution in [2.75, 3.05) is 7.05 Å². The molecule has 19 heavy (non-hydrogen) atoms. The van der Waals surface area contributed by atoms with Crippen molar-refractivity contribution in [2.24, 2.45) is 0 Å². The number of nitrogens with zero attached hydrogens (tertiary/aromatic N) is 2. The predicted octanol–water partition coefficient (Wildman–Crippen LogP) is 3.02. The Bertz CT molecular complexity index is 702. The molecule has 94 valence electrons. The van der Waals surface area contributed by atoms with E-state index in [0.29, 0.717) is 0 Å². The SMILES string of the molecule is CNCc1cncc(-c2cccc3ccncc23)c1. The van der Waals surface area contributed by atoms with Gasteiger partial charge >= 0.3 is 0 Å². The summed E-state index contributed by atoms with van der Waals surface area (Å²) in [5, 5.41) is 5.51. The topological polar surface area (TPSA) is 37.8 Å². The summed E-state index contributed by atoms with van der Waals surface area (Å²) in [5.41, 5.74) is 3.49. The van der Waals surface area contributed by atoms with Crippen molar-refractivity contribution in [1.82, 2.24) is 15.3 Å². The lowest BCUT2D eigenvalue weighted by Gasteiger charge is -2.07. The average molecular weight is 249 g/mol. The highest BCUT2D eigenvalue weighted by atomic mass is 14.8. The Kier molecular flexibility index (Phi) is 3.21. The fourth-order valence-electron chi connectivity index (χ4n) is 2.30. The third kappa shape index (κ3) is 2.33. The summed E-state index contributed by atoms with van der Waals surface area (Å²) in [6.45, 7) is 0.823. The maximum Gasteiger partial charge on any atom is 0.0352 e. The third-order valence-corrected chi connectivity index (χ3v) is 3.17. The zero-order valence-electron chi connectivity index (χ0n) is 10.8. The Morgan fingerprint density at radius 2 is 2.00 bits per heavy atom. The standard InChI is InChI=1S/C16H15N3/c1-17-8-12-7-14(10-19-9-12)15-4-2-3-13-5-6-18-11-16(13)15/h2-7,9-11,17H,8H2,1H3. The summed E-state index contributed by atoms with van der Waals surface area (Å²) in [5.74, 6) is 0. The molecule has 0 amide bonds. The van der Waals surface area contributed by atoms with Crippen LogP contribution in [0.4, 0.5) is 0 Å². The highest BCUT2D eigenvalue weighted by Crippen LogP contribution is 2.27. The van der Waals surface area contributed by atoms with Gasteiger partial charge in [0.1, 0.15) is 0 Å². The molecule has 0 spiro atoms. The lowest BCUT2D eigenvalue weighted by Crippen LogP contribution is -2.05. The second kappa shape index (κ2) is 5.16. The van der Waals surface area contributed by atoms with Gasteiger partial charge in [-0.2, -0.15) is 0 Å². The van der Waals surface area contributed by atoms with E-state index in [0.717, 1.165) is 17.5 Å². The van der Waals surface area contributed by atoms with Crippen molar-refractivity contribution in [1.29, 1.82) is 0 Å². The van der Waals surface area contributed by atoms with Crippen molar-refractivity contribution in [3.05, 3.63) is 60.7 Å². The van der Waals surface area contributed by atoms with Gasteiger partial charge in [0.15, 0.2) is 0 Å². The van der Waals surface area contributed by atoms with E-state index in [1.807, 2.05) is 37.9 Å². The second-order valence-electron chi connectivity index (χ2n) is 4.51. The first-order chi connectivity index (χ1) is 9.38. The van der Waals surface area contributed by atoms with Crippen molar-refractivity contribution < 1.29 is 0 Å². The summed E-state index contributed by atoms with van der Waals surface area (Å²) in [6, 6.07) is 10.5. The average Bonchev–Trinajstić information content (AvgIpc) is 2.47. The molecule has 2 heterocycles. The van der Waals surface area contributed by atoms with Gasteiger partial charge in [0, 0.05) is 42.3 Å². The van der Waals surface area contributed by atoms with Crippen LogP contribution in [0.2, 0.25) is 0 Å². The van der Waals surface area contributed by atoms with E-state index in [1.165, 1.54) is 16.5 Å². The fourth-order valence-corrected chi connectivity index (χ4v) is 2.30. The Morgan fingerprint density at radius 3 is 2.89 bits per heavy atom. The number of hydrogen-bond donors (Lipinski definition) is 1. The summed E-state index contributed by atoms with van der Waals surface area (Å²) in [4.78, 5) is 8.55. The van der Waals surface area contributed by atoms with E-state index in [2.05, 4.69) is 39.6 Å². The Balaban J connectivity index is 2.16. The molecule has 1 aromatic carbocycles. The molecule has 0 saturated heterocycles. The summed E-state index contributed by atoms with van der Waals surface area (Å²) in [7, 11) is 1.94. The second-order valence-corrected chi connectivity index (χ2v) is 4.51. The molecule has 3 aromatic rings. The molecule has 0 atom stereocenters. The van der Waals surface area contributed by atoms with E-state index in [4.69, 9.17) is 0 Å². The van der Waals surface area contributed by atoms with Gasteiger partial charge in [0.25, 0.3) is 0 Å². The molecule has 0 bridgehead atoms. The molecular formula is C16H15N3. The normalized spacial score (nSPS) is 10.8. The van der Waals surface area contributed by atoms with Gasteiger partial charge in [-0.3, -0.25) is 9.97 Å². The van der Waals surface area contributed by atoms with Crippen LogP contribution in [-0.4, -0.2) is 17.0 Å². The Hall–Kier alpha value is -2.26. The minimum Gasteiger partial charge on any atom is -0.316 e. The summed E-state index contributed by atoms with van der Waals surface area (Å²) in [6.07, 6.45) is 7.53. The Morgan fingerprint density at radius 1 is 1.05 bits per heavy atom. The van der Waals surface area contributed by atoms with Crippen LogP contribution in [0.1, 0.15) is 5.56 Å². The van der Waals surface area contributed by atoms with Crippen LogP contribution in [0.3, 0.4) is 0 Å². The van der Waals surface area contributed by atoms with Gasteiger partial charge < -0.3 is 5.32 Å². The molecule has 3 heteroatoms. The molecule has 0 unspecified atom stereocenters. The minimum absolute atomic E-state index is 0.823. The van der Waals surface area contributed by atoms with Crippen LogP contribution in [0.15, 0.2) is 55.1 Å². The minimum atomic E-state index is 0.823. The number of benzene rings is 1. The number of pyridine rings is 2. The zero-order valence-corrected chi connectivity index (χ0v) is 10.8. The maximum atomic E-state index is 4.33. The van der Waals surface area contributed by atoms with Crippen LogP contribution < -0.4 is 5.32 Å². The summed E-state index contributed by atoms with van der Waals surface area (Å²) >= 11 is 0. The first-order valence-electron chi connectivity index (χ1n) is 6.30. The highest BCUT2D eigenvalue weighted by molar-refractivity contribution is 5.95. The molecule has 0 aliphatic rings. The fraction of sp³-hybridized carbons (Fsp3) is 0.125. The largest absolute Gasteiger partial charge is 0.316 e. The van der Waals surface area contributed by atoms with E-state index >= 15 is 0 Å². The lowest BCUT2D eigenvalue weighted by molar-refractivity contribution is 0.814. The highest BCUT2D eigenvalue weighted by Gasteiger charge is 2.04. The van der Waals surface area contributed by atoms with Crippen molar-refractivity contribution >= 4 is 10.8 Å². The number of hydrogen-bond acceptors (Lipinski definition) is 3. The molecule has 0 saturated carbocycles. The predicted molar refractivity (Wildman–Crippen MR) is 77.7 cm³/mol. The number of nitrogens with one attached hydrogen (secondary N) is 1. The molecule has 0 fully saturated rings. The van der Waals surface area contributed by atoms with Crippen LogP contribution in [0.25, 0.3) is 21.9 Å². The zero-order chi connectivity index (χ0) is 13.1. The number of aromatic nitrogens is 2. The van der Waals surface area contributed by atoms with Crippen molar-refractivity contribution in [3.63, 3.8) is 0 Å². The van der Waals surface area contributed by atoms with E-state index in [1.54, 1.807) is 0 Å². The number of fused-ring (bicyclic) bond motifs is 1. The lowest BCUT2D eigenvalue weighted by atomic mass is 10.0. The van der Waals surface area contributed by atoms with Gasteiger partial charge in [-0.25, -0.2) is 0 Å². The van der Waals surface area contributed by atoms with Crippen LogP contribution in [0.5, 0.6) is 0 Å². The Labute approximate surface area is 112 Å². The van der Waals surface area contributed by atoms with Crippen LogP contribution >= 0.6 is 0 Å². The first kappa shape index (κ1) is 11.8. The molecule has 0 aliphatic carbocycles. The van der Waals surface area contributed by atoms with Gasteiger partial charge in [-0.05, 0) is 35.7 Å². The molecule has 0 aliphatic heterocycles. The van der Waals surface area contributed by atoms with Crippen LogP contribution in [0, 0.1) is 0 Å². The molecule has 3 rings (SSSR count). The van der Waals surface area contributed by atoms with Gasteiger partial charge in [0.2, 0.25) is 0 Å². The molecular weight excluding hydrogens is 234 g/mol. The number of rotatable bonds is 3. The molecule has 0 radical (unpaired) electrons. The van der Waals surface area contributed by atoms with Crippen molar-refractivity contribution in [2.45, 2.75) is 6.54 Å². The summed E-state index contributed by atoms with van der Waals surface area (Å²) < 4.78 is 0. The molecule has 1 N–H and O–H groups in total. The van der Waals surface area contributed by atoms with Gasteiger partial charge in [-0.1, -0.05) is 18.2 Å². The van der Waals surface area contributed by atoms with Gasteiger partial charge in [0.05, 0.1) is 0 Å². The van der Waals surface area contributed by atoms with E-state index in [-0.39, 0.29) is 0 Å². The van der Waals surface area contributed by atoms with E-state index in [9.17, 15) is 0 Å². The smallest absolute Gasteiger partial charge is 0.0352 e. The van der Waals surface area contributed by atoms with Crippen LogP contribution in [-0.2, 0) is 6.54 Å². The molecule has 3 nitrogen and oxygen atoms in total. The van der Waals surface area contributed by atoms with Gasteiger partial charge in [-0.15, -0.1) is 0 Å². The van der Waals surface area contributed by atoms with E-state index < -0.39 is 0 Å². The molecule has 2 aromatic heterocycles. The monoisotopic (exact) mass is 249 g/mol. The first-order valence-corrected chi connectivity index (χ1v) is 6.30. The quantitative estimate of drug-likeness (QED) is 0.775. The maximum absolute atomic E-state index is 4.33.